The second-order valence-corrected chi connectivity index (χ2v) is 6.77. The second-order valence-electron chi connectivity index (χ2n) is 6.77. The van der Waals surface area contributed by atoms with Gasteiger partial charge in [0.05, 0.1) is 0 Å². The van der Waals surface area contributed by atoms with E-state index in [9.17, 15) is 4.79 Å². The highest BCUT2D eigenvalue weighted by Gasteiger charge is 2.36. The lowest BCUT2D eigenvalue weighted by Crippen LogP contribution is -2.35. The van der Waals surface area contributed by atoms with Crippen molar-refractivity contribution in [2.75, 3.05) is 13.1 Å². The lowest BCUT2D eigenvalue weighted by molar-refractivity contribution is 0.0951. The van der Waals surface area contributed by atoms with Crippen LogP contribution in [0.4, 0.5) is 0 Å². The molecule has 1 amide bonds. The van der Waals surface area contributed by atoms with Gasteiger partial charge < -0.3 is 10.6 Å². The third-order valence-corrected chi connectivity index (χ3v) is 4.87. The van der Waals surface area contributed by atoms with Crippen molar-refractivity contribution in [2.45, 2.75) is 58.8 Å². The number of benzene rings is 1. The molecule has 1 aromatic rings. The maximum Gasteiger partial charge on any atom is 0.251 e. The van der Waals surface area contributed by atoms with Crippen molar-refractivity contribution in [1.29, 1.82) is 0 Å². The summed E-state index contributed by atoms with van der Waals surface area (Å²) in [5.41, 5.74) is 3.96. The minimum absolute atomic E-state index is 0.0129. The van der Waals surface area contributed by atoms with Crippen LogP contribution in [0.25, 0.3) is 0 Å². The van der Waals surface area contributed by atoms with Gasteiger partial charge in [0.25, 0.3) is 5.91 Å². The predicted molar refractivity (Wildman–Crippen MR) is 108 cm³/mol. The first-order valence-electron chi connectivity index (χ1n) is 9.33. The van der Waals surface area contributed by atoms with Gasteiger partial charge in [-0.15, -0.1) is 0 Å². The average molecular weight is 343 g/mol. The Hall–Kier alpha value is -2.03. The Labute approximate surface area is 153 Å². The Kier molecular flexibility index (Phi) is 8.47. The Morgan fingerprint density at radius 2 is 1.92 bits per heavy atom. The summed E-state index contributed by atoms with van der Waals surface area (Å²) in [6.45, 7) is 18.0. The predicted octanol–water partition coefficient (Wildman–Crippen LogP) is 4.87. The smallest absolute Gasteiger partial charge is 0.251 e. The fourth-order valence-electron chi connectivity index (χ4n) is 3.66. The topological polar surface area (TPSA) is 41.1 Å². The molecule has 1 rings (SSSR count). The molecule has 1 aromatic carbocycles. The monoisotopic (exact) mass is 342 g/mol. The summed E-state index contributed by atoms with van der Waals surface area (Å²) in [5.74, 6) is 0.0129. The molecule has 1 atom stereocenters. The van der Waals surface area contributed by atoms with Gasteiger partial charge in [0.15, 0.2) is 0 Å². The summed E-state index contributed by atoms with van der Waals surface area (Å²) in [7, 11) is 0. The van der Waals surface area contributed by atoms with Crippen LogP contribution in [0.1, 0.15) is 67.9 Å². The summed E-state index contributed by atoms with van der Waals surface area (Å²) >= 11 is 0. The third-order valence-electron chi connectivity index (χ3n) is 4.87. The SMILES string of the molecule is C=CNCCC(CCC)(C(=C)C)c1c(C)cccc1C(=O)NCCC. The van der Waals surface area contributed by atoms with E-state index in [-0.39, 0.29) is 11.3 Å². The van der Waals surface area contributed by atoms with E-state index in [4.69, 9.17) is 0 Å². The number of carbonyl (C=O) groups excluding carboxylic acids is 1. The van der Waals surface area contributed by atoms with Crippen LogP contribution in [-0.2, 0) is 5.41 Å². The molecule has 25 heavy (non-hydrogen) atoms. The molecule has 2 N–H and O–H groups in total. The van der Waals surface area contributed by atoms with Crippen LogP contribution in [0.3, 0.4) is 0 Å². The first-order valence-corrected chi connectivity index (χ1v) is 9.33. The molecule has 3 nitrogen and oxygen atoms in total. The van der Waals surface area contributed by atoms with Crippen LogP contribution in [0, 0.1) is 6.92 Å². The Bertz CT molecular complexity index is 606. The van der Waals surface area contributed by atoms with Crippen LogP contribution < -0.4 is 10.6 Å². The molecule has 0 fully saturated rings. The molecule has 0 aliphatic heterocycles. The fourth-order valence-corrected chi connectivity index (χ4v) is 3.66. The van der Waals surface area contributed by atoms with E-state index in [0.29, 0.717) is 6.54 Å². The summed E-state index contributed by atoms with van der Waals surface area (Å²) in [5, 5.41) is 6.25. The van der Waals surface area contributed by atoms with Gasteiger partial charge in [-0.25, -0.2) is 0 Å². The number of carbonyl (C=O) groups is 1. The van der Waals surface area contributed by atoms with Crippen molar-refractivity contribution in [3.63, 3.8) is 0 Å². The normalized spacial score (nSPS) is 13.0. The van der Waals surface area contributed by atoms with Crippen LogP contribution in [0.5, 0.6) is 0 Å². The molecular formula is C22H34N2O. The summed E-state index contributed by atoms with van der Waals surface area (Å²) in [4.78, 5) is 12.8. The van der Waals surface area contributed by atoms with Gasteiger partial charge in [-0.05, 0) is 56.5 Å². The van der Waals surface area contributed by atoms with E-state index in [1.165, 1.54) is 0 Å². The van der Waals surface area contributed by atoms with Crippen molar-refractivity contribution < 1.29 is 4.79 Å². The first kappa shape index (κ1) is 21.0. The minimum atomic E-state index is -0.213. The molecule has 0 bridgehead atoms. The molecule has 1 unspecified atom stereocenters. The average Bonchev–Trinajstić information content (AvgIpc) is 2.58. The lowest BCUT2D eigenvalue weighted by Gasteiger charge is -2.38. The van der Waals surface area contributed by atoms with E-state index < -0.39 is 0 Å². The van der Waals surface area contributed by atoms with Crippen LogP contribution in [0.2, 0.25) is 0 Å². The number of rotatable bonds is 11. The maximum absolute atomic E-state index is 12.8. The molecule has 0 heterocycles. The molecular weight excluding hydrogens is 308 g/mol. The summed E-state index contributed by atoms with van der Waals surface area (Å²) in [6.07, 6.45) is 5.55. The Balaban J connectivity index is 3.48. The van der Waals surface area contributed by atoms with E-state index in [1.54, 1.807) is 6.20 Å². The zero-order chi connectivity index (χ0) is 18.9. The molecule has 0 radical (unpaired) electrons. The highest BCUT2D eigenvalue weighted by atomic mass is 16.1. The standard InChI is InChI=1S/C22H34N2O/c1-7-13-22(17(4)5,14-16-23-9-3)20-18(6)11-10-12-19(20)21(25)24-15-8-2/h9-12,23H,3-4,7-8,13-16H2,1-2,5-6H3,(H,24,25). The van der Waals surface area contributed by atoms with Crippen LogP contribution >= 0.6 is 0 Å². The van der Waals surface area contributed by atoms with Gasteiger partial charge >= 0.3 is 0 Å². The second kappa shape index (κ2) is 10.1. The first-order chi connectivity index (χ1) is 11.9. The van der Waals surface area contributed by atoms with Gasteiger partial charge in [0, 0.05) is 24.1 Å². The number of nitrogens with one attached hydrogen (secondary N) is 2. The highest BCUT2D eigenvalue weighted by Crippen LogP contribution is 2.42. The Morgan fingerprint density at radius 1 is 1.20 bits per heavy atom. The molecule has 0 saturated carbocycles. The van der Waals surface area contributed by atoms with Gasteiger partial charge in [-0.3, -0.25) is 4.79 Å². The number of aryl methyl sites for hydroxylation is 1. The highest BCUT2D eigenvalue weighted by molar-refractivity contribution is 5.96. The number of allylic oxidation sites excluding steroid dienone is 1. The van der Waals surface area contributed by atoms with Crippen molar-refractivity contribution in [1.82, 2.24) is 10.6 Å². The van der Waals surface area contributed by atoms with Gasteiger partial charge in [-0.2, -0.15) is 0 Å². The zero-order valence-corrected chi connectivity index (χ0v) is 16.4. The molecule has 0 spiro atoms. The van der Waals surface area contributed by atoms with Crippen molar-refractivity contribution in [3.05, 3.63) is 59.8 Å². The van der Waals surface area contributed by atoms with Crippen LogP contribution in [0.15, 0.2) is 43.1 Å². The molecule has 0 aromatic heterocycles. The van der Waals surface area contributed by atoms with Gasteiger partial charge in [-0.1, -0.05) is 51.1 Å². The van der Waals surface area contributed by atoms with E-state index in [1.807, 2.05) is 12.1 Å². The minimum Gasteiger partial charge on any atom is -0.391 e. The van der Waals surface area contributed by atoms with Crippen molar-refractivity contribution in [3.8, 4) is 0 Å². The lowest BCUT2D eigenvalue weighted by atomic mass is 9.66. The zero-order valence-electron chi connectivity index (χ0n) is 16.4. The number of hydrogen-bond acceptors (Lipinski definition) is 2. The molecule has 138 valence electrons. The quantitative estimate of drug-likeness (QED) is 0.445. The van der Waals surface area contributed by atoms with Gasteiger partial charge in [0.2, 0.25) is 0 Å². The van der Waals surface area contributed by atoms with E-state index >= 15 is 0 Å². The number of hydrogen-bond donors (Lipinski definition) is 2. The van der Waals surface area contributed by atoms with Crippen molar-refractivity contribution >= 4 is 5.91 Å². The van der Waals surface area contributed by atoms with Crippen LogP contribution in [-0.4, -0.2) is 19.0 Å². The molecule has 0 saturated heterocycles. The summed E-state index contributed by atoms with van der Waals surface area (Å²) < 4.78 is 0. The fraction of sp³-hybridized carbons (Fsp3) is 0.500. The van der Waals surface area contributed by atoms with Gasteiger partial charge in [0.1, 0.15) is 0 Å². The molecule has 0 aliphatic rings. The molecule has 0 aliphatic carbocycles. The third kappa shape index (κ3) is 4.97. The van der Waals surface area contributed by atoms with E-state index in [2.05, 4.69) is 57.6 Å². The maximum atomic E-state index is 12.8. The number of amides is 1. The van der Waals surface area contributed by atoms with E-state index in [0.717, 1.165) is 54.5 Å². The Morgan fingerprint density at radius 3 is 2.48 bits per heavy atom. The largest absolute Gasteiger partial charge is 0.391 e. The molecule has 3 heteroatoms. The van der Waals surface area contributed by atoms with Crippen molar-refractivity contribution in [2.24, 2.45) is 0 Å². The summed E-state index contributed by atoms with van der Waals surface area (Å²) in [6, 6.07) is 6.01.